The molecule has 1 amide bonds. The van der Waals surface area contributed by atoms with Gasteiger partial charge in [0.2, 0.25) is 0 Å². The van der Waals surface area contributed by atoms with E-state index in [0.29, 0.717) is 35.1 Å². The summed E-state index contributed by atoms with van der Waals surface area (Å²) < 4.78 is 31.2. The van der Waals surface area contributed by atoms with E-state index in [-0.39, 0.29) is 17.6 Å². The summed E-state index contributed by atoms with van der Waals surface area (Å²) in [5.41, 5.74) is 2.20. The van der Waals surface area contributed by atoms with E-state index < -0.39 is 21.1 Å². The Kier molecular flexibility index (Phi) is 9.18. The van der Waals surface area contributed by atoms with Crippen LogP contribution in [0.15, 0.2) is 54.7 Å². The van der Waals surface area contributed by atoms with Crippen LogP contribution >= 0.6 is 0 Å². The largest absolute Gasteiger partial charge is 0.497 e. The van der Waals surface area contributed by atoms with Crippen molar-refractivity contribution in [1.82, 2.24) is 20.2 Å². The molecular formula is C27H31N5O8S. The number of β-amino-alcohol motifs (C(OH)–C–C–N with tert-alkyl or cyclic N) is 1. The Morgan fingerprint density at radius 3 is 2.61 bits per heavy atom. The van der Waals surface area contributed by atoms with Gasteiger partial charge in [-0.05, 0) is 48.7 Å². The Morgan fingerprint density at radius 1 is 1.24 bits per heavy atom. The predicted octanol–water partition coefficient (Wildman–Crippen LogP) is 3.06. The molecule has 13 nitrogen and oxygen atoms in total. The number of amides is 1. The number of nitrogens with zero attached hydrogens (tertiary/aromatic N) is 3. The van der Waals surface area contributed by atoms with Gasteiger partial charge >= 0.3 is 0 Å². The first kappa shape index (κ1) is 29.9. The molecule has 4 N–H and O–H groups in total. The van der Waals surface area contributed by atoms with Crippen LogP contribution in [0.4, 0.5) is 5.69 Å². The highest BCUT2D eigenvalue weighted by atomic mass is 32.2. The van der Waals surface area contributed by atoms with Crippen LogP contribution in [0.25, 0.3) is 21.8 Å². The highest BCUT2D eigenvalue weighted by Gasteiger charge is 2.25. The monoisotopic (exact) mass is 585 g/mol. The lowest BCUT2D eigenvalue weighted by Gasteiger charge is -2.33. The van der Waals surface area contributed by atoms with Gasteiger partial charge in [0.05, 0.1) is 29.9 Å². The highest BCUT2D eigenvalue weighted by Crippen LogP contribution is 2.28. The second kappa shape index (κ2) is 12.6. The number of aromatic nitrogens is 2. The number of hydrogen-bond donors (Lipinski definition) is 4. The van der Waals surface area contributed by atoms with Gasteiger partial charge in [-0.3, -0.25) is 24.4 Å². The zero-order valence-corrected chi connectivity index (χ0v) is 23.3. The summed E-state index contributed by atoms with van der Waals surface area (Å²) >= 11 is 0. The van der Waals surface area contributed by atoms with Gasteiger partial charge < -0.3 is 25.0 Å². The van der Waals surface area contributed by atoms with Crippen LogP contribution in [0.5, 0.6) is 5.75 Å². The van der Waals surface area contributed by atoms with Crippen LogP contribution in [0.1, 0.15) is 35.0 Å². The highest BCUT2D eigenvalue weighted by molar-refractivity contribution is 7.85. The lowest BCUT2D eigenvalue weighted by Crippen LogP contribution is -2.45. The van der Waals surface area contributed by atoms with Gasteiger partial charge in [-0.2, -0.15) is 8.42 Å². The van der Waals surface area contributed by atoms with Crippen molar-refractivity contribution in [3.8, 4) is 5.75 Å². The van der Waals surface area contributed by atoms with Gasteiger partial charge in [0.15, 0.2) is 0 Å². The fraction of sp³-hybridized carbons (Fsp3) is 0.333. The molecule has 41 heavy (non-hydrogen) atoms. The Hall–Kier alpha value is -4.11. The second-order valence-electron chi connectivity index (χ2n) is 9.76. The molecule has 4 aromatic rings. The second-order valence-corrected chi connectivity index (χ2v) is 11.2. The lowest BCUT2D eigenvalue weighted by atomic mass is 10.0. The summed E-state index contributed by atoms with van der Waals surface area (Å²) in [5, 5.41) is 26.8. The average molecular weight is 586 g/mol. The molecule has 5 rings (SSSR count). The third kappa shape index (κ3) is 7.76. The first-order chi connectivity index (χ1) is 19.4. The number of rotatable bonds is 7. The normalized spacial score (nSPS) is 15.2. The third-order valence-corrected chi connectivity index (χ3v) is 6.77. The van der Waals surface area contributed by atoms with Crippen LogP contribution in [0.2, 0.25) is 0 Å². The maximum Gasteiger partial charge on any atom is 0.293 e. The number of benzene rings is 2. The van der Waals surface area contributed by atoms with Crippen LogP contribution in [0.3, 0.4) is 0 Å². The van der Waals surface area contributed by atoms with E-state index in [1.807, 2.05) is 24.3 Å². The zero-order valence-electron chi connectivity index (χ0n) is 22.5. The number of aliphatic hydroxyl groups excluding tert-OH is 1. The molecule has 1 fully saturated rings. The maximum atomic E-state index is 12.8. The van der Waals surface area contributed by atoms with E-state index in [2.05, 4.69) is 20.2 Å². The number of aliphatic hydroxyl groups is 1. The summed E-state index contributed by atoms with van der Waals surface area (Å²) in [7, 11) is -2.06. The van der Waals surface area contributed by atoms with Crippen molar-refractivity contribution in [2.75, 3.05) is 33.0 Å². The number of nitro benzene ring substituents is 1. The van der Waals surface area contributed by atoms with E-state index in [9.17, 15) is 28.4 Å². The Bertz CT molecular complexity index is 1660. The van der Waals surface area contributed by atoms with E-state index in [4.69, 9.17) is 9.29 Å². The van der Waals surface area contributed by atoms with Gasteiger partial charge in [0.1, 0.15) is 17.0 Å². The zero-order chi connectivity index (χ0) is 29.7. The van der Waals surface area contributed by atoms with Crippen molar-refractivity contribution in [1.29, 1.82) is 0 Å². The van der Waals surface area contributed by atoms with Gasteiger partial charge in [-0.15, -0.1) is 0 Å². The van der Waals surface area contributed by atoms with E-state index in [0.717, 1.165) is 42.4 Å². The Balaban J connectivity index is 0.000000714. The van der Waals surface area contributed by atoms with Crippen LogP contribution in [-0.4, -0.2) is 82.8 Å². The standard InChI is InChI=1S/C26H27N5O5.CH4O3S/c1-36-18-5-6-21-20(14-18)19(7-10-27-21)24(32)15-30-11-8-17(9-12-30)28-26(33)22-13-16-3-2-4-23(31(34)35)25(16)29-22;1-5(2,3)4/h2-7,10,13-14,17,24,29,32H,8-9,11-12,15H2,1H3,(H,28,33);1H3,(H,2,3,4)/t24-;/m0./s1. The molecule has 0 spiro atoms. The molecule has 1 atom stereocenters. The number of methoxy groups -OCH3 is 1. The third-order valence-electron chi connectivity index (χ3n) is 6.77. The minimum absolute atomic E-state index is 0.0155. The number of likely N-dealkylation sites (tertiary alicyclic amines) is 1. The van der Waals surface area contributed by atoms with Crippen LogP contribution in [0, 0.1) is 10.1 Å². The van der Waals surface area contributed by atoms with Crippen molar-refractivity contribution in [2.24, 2.45) is 0 Å². The van der Waals surface area contributed by atoms with E-state index in [1.165, 1.54) is 6.07 Å². The molecule has 14 heteroatoms. The molecule has 0 radical (unpaired) electrons. The minimum Gasteiger partial charge on any atom is -0.497 e. The summed E-state index contributed by atoms with van der Waals surface area (Å²) in [6.07, 6.45) is 3.21. The number of nitrogens with one attached hydrogen (secondary N) is 2. The number of nitro groups is 1. The average Bonchev–Trinajstić information content (AvgIpc) is 3.37. The molecule has 0 saturated carbocycles. The smallest absolute Gasteiger partial charge is 0.293 e. The quantitative estimate of drug-likeness (QED) is 0.143. The molecule has 3 heterocycles. The number of ether oxygens (including phenoxy) is 1. The van der Waals surface area contributed by atoms with E-state index >= 15 is 0 Å². The summed E-state index contributed by atoms with van der Waals surface area (Å²) in [6, 6.07) is 13.8. The number of carbonyl (C=O) groups is 1. The lowest BCUT2D eigenvalue weighted by molar-refractivity contribution is -0.383. The SMILES string of the molecule is COc1ccc2nccc([C@@H](O)CN3CCC(NC(=O)c4cc5cccc([N+](=O)[O-])c5[nH]4)CC3)c2c1.CS(=O)(=O)O. The van der Waals surface area contributed by atoms with Crippen LogP contribution in [-0.2, 0) is 10.1 Å². The molecule has 1 aliphatic rings. The first-order valence-electron chi connectivity index (χ1n) is 12.8. The predicted molar refractivity (Wildman–Crippen MR) is 153 cm³/mol. The van der Waals surface area contributed by atoms with Gasteiger partial charge in [-0.25, -0.2) is 0 Å². The van der Waals surface area contributed by atoms with E-state index in [1.54, 1.807) is 31.5 Å². The number of non-ortho nitro benzene ring substituents is 1. The fourth-order valence-corrected chi connectivity index (χ4v) is 4.84. The first-order valence-corrected chi connectivity index (χ1v) is 14.6. The molecule has 2 aromatic heterocycles. The molecular weight excluding hydrogens is 554 g/mol. The summed E-state index contributed by atoms with van der Waals surface area (Å²) in [4.78, 5) is 33.1. The number of piperidine rings is 1. The Morgan fingerprint density at radius 2 is 1.95 bits per heavy atom. The van der Waals surface area contributed by atoms with Crippen molar-refractivity contribution in [3.63, 3.8) is 0 Å². The van der Waals surface area contributed by atoms with Gasteiger partial charge in [0, 0.05) is 48.7 Å². The number of para-hydroxylation sites is 1. The van der Waals surface area contributed by atoms with Crippen molar-refractivity contribution < 1.29 is 32.5 Å². The van der Waals surface area contributed by atoms with Crippen molar-refractivity contribution >= 4 is 43.5 Å². The van der Waals surface area contributed by atoms with Gasteiger partial charge in [-0.1, -0.05) is 12.1 Å². The number of pyridine rings is 1. The molecule has 0 unspecified atom stereocenters. The summed E-state index contributed by atoms with van der Waals surface area (Å²) in [5.74, 6) is 0.432. The molecule has 1 aliphatic heterocycles. The molecule has 0 bridgehead atoms. The maximum absolute atomic E-state index is 12.8. The molecule has 0 aliphatic carbocycles. The van der Waals surface area contributed by atoms with Gasteiger partial charge in [0.25, 0.3) is 21.7 Å². The number of fused-ring (bicyclic) bond motifs is 2. The van der Waals surface area contributed by atoms with Crippen molar-refractivity contribution in [3.05, 3.63) is 76.1 Å². The Labute approximate surface area is 236 Å². The summed E-state index contributed by atoms with van der Waals surface area (Å²) in [6.45, 7) is 1.93. The number of carbonyl (C=O) groups excluding carboxylic acids is 1. The fourth-order valence-electron chi connectivity index (χ4n) is 4.84. The minimum atomic E-state index is -3.67. The number of H-pyrrole nitrogens is 1. The molecule has 2 aromatic carbocycles. The molecule has 1 saturated heterocycles. The van der Waals surface area contributed by atoms with Crippen LogP contribution < -0.4 is 10.1 Å². The number of aromatic amines is 1. The van der Waals surface area contributed by atoms with Crippen molar-refractivity contribution in [2.45, 2.75) is 25.0 Å². The topological polar surface area (TPSA) is 188 Å². The molecule has 218 valence electrons. The number of hydrogen-bond acceptors (Lipinski definition) is 9.